The predicted molar refractivity (Wildman–Crippen MR) is 83.8 cm³/mol. The van der Waals surface area contributed by atoms with Gasteiger partial charge in [-0.1, -0.05) is 19.1 Å². The van der Waals surface area contributed by atoms with Crippen molar-refractivity contribution in [2.24, 2.45) is 0 Å². The monoisotopic (exact) mass is 289 g/mol. The number of nitrogens with one attached hydrogen (secondary N) is 1. The third-order valence-corrected chi connectivity index (χ3v) is 3.75. The van der Waals surface area contributed by atoms with E-state index in [9.17, 15) is 0 Å². The van der Waals surface area contributed by atoms with E-state index >= 15 is 0 Å². The van der Waals surface area contributed by atoms with Crippen molar-refractivity contribution in [3.63, 3.8) is 0 Å². The van der Waals surface area contributed by atoms with Gasteiger partial charge in [-0.15, -0.1) is 0 Å². The van der Waals surface area contributed by atoms with Gasteiger partial charge in [-0.05, 0) is 24.6 Å². The van der Waals surface area contributed by atoms with Crippen LogP contribution in [0, 0.1) is 0 Å². The van der Waals surface area contributed by atoms with Crippen molar-refractivity contribution >= 4 is 5.69 Å². The Morgan fingerprint density at radius 1 is 1.29 bits per heavy atom. The summed E-state index contributed by atoms with van der Waals surface area (Å²) >= 11 is 0. The van der Waals surface area contributed by atoms with E-state index in [1.165, 1.54) is 5.56 Å². The van der Waals surface area contributed by atoms with E-state index in [0.29, 0.717) is 12.5 Å². The summed E-state index contributed by atoms with van der Waals surface area (Å²) in [5.74, 6) is 1.23. The fraction of sp³-hybridized carbons (Fsp3) is 0.438. The van der Waals surface area contributed by atoms with Crippen molar-refractivity contribution in [2.75, 3.05) is 19.0 Å². The zero-order valence-corrected chi connectivity index (χ0v) is 12.8. The molecule has 0 bridgehead atoms. The molecule has 0 aliphatic rings. The summed E-state index contributed by atoms with van der Waals surface area (Å²) in [5, 5.41) is 16.5. The molecule has 0 aliphatic carbocycles. The molecule has 0 radical (unpaired) electrons. The van der Waals surface area contributed by atoms with Gasteiger partial charge in [0.15, 0.2) is 0 Å². The summed E-state index contributed by atoms with van der Waals surface area (Å²) in [4.78, 5) is 0. The summed E-state index contributed by atoms with van der Waals surface area (Å²) in [6.07, 6.45) is 3.69. The maximum absolute atomic E-state index is 8.90. The van der Waals surface area contributed by atoms with E-state index in [0.717, 1.165) is 11.4 Å². The van der Waals surface area contributed by atoms with Crippen molar-refractivity contribution in [2.45, 2.75) is 32.4 Å². The Labute approximate surface area is 125 Å². The van der Waals surface area contributed by atoms with Gasteiger partial charge in [0.25, 0.3) is 0 Å². The first-order valence-electron chi connectivity index (χ1n) is 7.18. The first kappa shape index (κ1) is 15.4. The number of methoxy groups -OCH3 is 1. The van der Waals surface area contributed by atoms with Crippen LogP contribution in [0.15, 0.2) is 36.7 Å². The second kappa shape index (κ2) is 7.13. The molecule has 0 aliphatic heterocycles. The molecule has 1 heterocycles. The van der Waals surface area contributed by atoms with Gasteiger partial charge in [-0.3, -0.25) is 4.68 Å². The molecule has 114 valence electrons. The maximum atomic E-state index is 8.90. The van der Waals surface area contributed by atoms with E-state index in [4.69, 9.17) is 9.84 Å². The molecule has 1 aromatic carbocycles. The topological polar surface area (TPSA) is 59.3 Å². The minimum atomic E-state index is 0.0962. The van der Waals surface area contributed by atoms with Gasteiger partial charge in [0.2, 0.25) is 0 Å². The predicted octanol–water partition coefficient (Wildman–Crippen LogP) is 2.49. The van der Waals surface area contributed by atoms with Crippen LogP contribution in [0.3, 0.4) is 0 Å². The number of aromatic nitrogens is 2. The molecule has 0 fully saturated rings. The molecule has 2 N–H and O–H groups in total. The molecule has 0 spiro atoms. The molecule has 21 heavy (non-hydrogen) atoms. The van der Waals surface area contributed by atoms with Crippen LogP contribution in [0.4, 0.5) is 5.69 Å². The number of nitrogens with zero attached hydrogens (tertiary/aromatic N) is 2. The number of benzene rings is 1. The van der Waals surface area contributed by atoms with Crippen LogP contribution < -0.4 is 10.1 Å². The van der Waals surface area contributed by atoms with Crippen molar-refractivity contribution < 1.29 is 9.84 Å². The maximum Gasteiger partial charge on any atom is 0.118 e. The number of hydrogen-bond donors (Lipinski definition) is 2. The summed E-state index contributed by atoms with van der Waals surface area (Å²) in [7, 11) is 1.67. The fourth-order valence-corrected chi connectivity index (χ4v) is 2.25. The Morgan fingerprint density at radius 3 is 2.62 bits per heavy atom. The van der Waals surface area contributed by atoms with Gasteiger partial charge in [0.05, 0.1) is 32.1 Å². The first-order valence-corrected chi connectivity index (χ1v) is 7.18. The Bertz CT molecular complexity index is 551. The largest absolute Gasteiger partial charge is 0.497 e. The van der Waals surface area contributed by atoms with Crippen LogP contribution in [-0.4, -0.2) is 34.6 Å². The highest BCUT2D eigenvalue weighted by Gasteiger charge is 2.15. The second-order valence-electron chi connectivity index (χ2n) is 5.21. The third-order valence-electron chi connectivity index (χ3n) is 3.75. The summed E-state index contributed by atoms with van der Waals surface area (Å²) in [5.41, 5.74) is 2.23. The number of ether oxygens (including phenoxy) is 1. The van der Waals surface area contributed by atoms with Gasteiger partial charge in [-0.2, -0.15) is 5.10 Å². The van der Waals surface area contributed by atoms with E-state index in [-0.39, 0.29) is 12.6 Å². The number of rotatable bonds is 7. The van der Waals surface area contributed by atoms with Crippen molar-refractivity contribution in [3.05, 3.63) is 42.2 Å². The summed E-state index contributed by atoms with van der Waals surface area (Å²) < 4.78 is 6.91. The SMILES string of the molecule is COc1ccc(C(C)C(C)Nc2cnn(CCO)c2)cc1. The zero-order chi connectivity index (χ0) is 15.2. The number of aliphatic hydroxyl groups is 1. The van der Waals surface area contributed by atoms with E-state index < -0.39 is 0 Å². The normalized spacial score (nSPS) is 13.7. The Morgan fingerprint density at radius 2 is 2.00 bits per heavy atom. The highest BCUT2D eigenvalue weighted by atomic mass is 16.5. The second-order valence-corrected chi connectivity index (χ2v) is 5.21. The fourth-order valence-electron chi connectivity index (χ4n) is 2.25. The lowest BCUT2D eigenvalue weighted by atomic mass is 9.94. The summed E-state index contributed by atoms with van der Waals surface area (Å²) in [6, 6.07) is 8.42. The highest BCUT2D eigenvalue weighted by Crippen LogP contribution is 2.24. The molecule has 5 nitrogen and oxygen atoms in total. The lowest BCUT2D eigenvalue weighted by Gasteiger charge is -2.22. The molecule has 0 amide bonds. The van der Waals surface area contributed by atoms with Gasteiger partial charge in [0.1, 0.15) is 5.75 Å². The van der Waals surface area contributed by atoms with E-state index in [2.05, 4.69) is 36.4 Å². The highest BCUT2D eigenvalue weighted by molar-refractivity contribution is 5.41. The van der Waals surface area contributed by atoms with E-state index in [1.807, 2.05) is 18.3 Å². The molecular formula is C16H23N3O2. The smallest absolute Gasteiger partial charge is 0.118 e. The molecule has 0 saturated carbocycles. The van der Waals surface area contributed by atoms with Crippen molar-refractivity contribution in [1.82, 2.24) is 9.78 Å². The number of aliphatic hydroxyl groups excluding tert-OH is 1. The molecule has 2 aromatic rings. The molecule has 5 heteroatoms. The molecular weight excluding hydrogens is 266 g/mol. The van der Waals surface area contributed by atoms with Crippen LogP contribution in [0.25, 0.3) is 0 Å². The third kappa shape index (κ3) is 3.98. The molecule has 0 saturated heterocycles. The molecule has 2 unspecified atom stereocenters. The Balaban J connectivity index is 1.98. The van der Waals surface area contributed by atoms with Crippen molar-refractivity contribution in [3.8, 4) is 5.75 Å². The van der Waals surface area contributed by atoms with E-state index in [1.54, 1.807) is 18.0 Å². The van der Waals surface area contributed by atoms with Gasteiger partial charge in [0, 0.05) is 18.2 Å². The molecule has 1 aromatic heterocycles. The van der Waals surface area contributed by atoms with Crippen LogP contribution in [0.5, 0.6) is 5.75 Å². The van der Waals surface area contributed by atoms with Crippen LogP contribution in [-0.2, 0) is 6.54 Å². The standard InChI is InChI=1S/C16H23N3O2/c1-12(14-4-6-16(21-3)7-5-14)13(2)18-15-10-17-19(11-15)8-9-20/h4-7,10-13,18,20H,8-9H2,1-3H3. The minimum Gasteiger partial charge on any atom is -0.497 e. The lowest BCUT2D eigenvalue weighted by molar-refractivity contribution is 0.269. The van der Waals surface area contributed by atoms with Gasteiger partial charge < -0.3 is 15.2 Å². The average Bonchev–Trinajstić information content (AvgIpc) is 2.94. The van der Waals surface area contributed by atoms with Crippen LogP contribution in [0.1, 0.15) is 25.3 Å². The number of anilines is 1. The van der Waals surface area contributed by atoms with Crippen molar-refractivity contribution in [1.29, 1.82) is 0 Å². The zero-order valence-electron chi connectivity index (χ0n) is 12.8. The van der Waals surface area contributed by atoms with Crippen LogP contribution in [0.2, 0.25) is 0 Å². The first-order chi connectivity index (χ1) is 10.1. The molecule has 2 atom stereocenters. The summed E-state index contributed by atoms with van der Waals surface area (Å²) in [6.45, 7) is 4.96. The average molecular weight is 289 g/mol. The molecule has 2 rings (SSSR count). The van der Waals surface area contributed by atoms with Gasteiger partial charge in [-0.25, -0.2) is 0 Å². The lowest BCUT2D eigenvalue weighted by Crippen LogP contribution is -2.22. The van der Waals surface area contributed by atoms with Crippen LogP contribution >= 0.6 is 0 Å². The van der Waals surface area contributed by atoms with Gasteiger partial charge >= 0.3 is 0 Å². The minimum absolute atomic E-state index is 0.0962. The Hall–Kier alpha value is -2.01. The quantitative estimate of drug-likeness (QED) is 0.822. The number of hydrogen-bond acceptors (Lipinski definition) is 4. The Kier molecular flexibility index (Phi) is 5.22.